The SMILES string of the molecule is CC12CCC3c4ccc(C(N)=O)cc4CCC3C1CC=C2c1cncc(F)c1. The first-order chi connectivity index (χ1) is 13.5. The van der Waals surface area contributed by atoms with Gasteiger partial charge in [-0.25, -0.2) is 4.39 Å². The maximum Gasteiger partial charge on any atom is 0.248 e. The summed E-state index contributed by atoms with van der Waals surface area (Å²) in [5, 5.41) is 0. The van der Waals surface area contributed by atoms with Crippen LogP contribution in [0.5, 0.6) is 0 Å². The van der Waals surface area contributed by atoms with Crippen LogP contribution < -0.4 is 5.73 Å². The molecule has 5 rings (SSSR count). The van der Waals surface area contributed by atoms with Crippen LogP contribution in [0.1, 0.15) is 65.6 Å². The van der Waals surface area contributed by atoms with Crippen LogP contribution in [0.3, 0.4) is 0 Å². The zero-order valence-electron chi connectivity index (χ0n) is 16.1. The fourth-order valence-electron chi connectivity index (χ4n) is 6.31. The number of pyridine rings is 1. The van der Waals surface area contributed by atoms with Crippen LogP contribution in [0.2, 0.25) is 0 Å². The Morgan fingerprint density at radius 1 is 1.25 bits per heavy atom. The number of amides is 1. The van der Waals surface area contributed by atoms with Gasteiger partial charge in [0.25, 0.3) is 0 Å². The number of allylic oxidation sites excluding steroid dienone is 2. The number of hydrogen-bond acceptors (Lipinski definition) is 2. The Labute approximate surface area is 164 Å². The molecular formula is C24H25FN2O. The van der Waals surface area contributed by atoms with Gasteiger partial charge in [-0.15, -0.1) is 0 Å². The van der Waals surface area contributed by atoms with Gasteiger partial charge in [0, 0.05) is 11.8 Å². The number of nitrogens with two attached hydrogens (primary N) is 1. The van der Waals surface area contributed by atoms with E-state index in [1.165, 1.54) is 22.9 Å². The van der Waals surface area contributed by atoms with Gasteiger partial charge in [-0.05, 0) is 95.7 Å². The van der Waals surface area contributed by atoms with Crippen molar-refractivity contribution < 1.29 is 9.18 Å². The van der Waals surface area contributed by atoms with E-state index in [0.717, 1.165) is 37.7 Å². The van der Waals surface area contributed by atoms with Crippen LogP contribution in [0.15, 0.2) is 42.7 Å². The third-order valence-corrected chi connectivity index (χ3v) is 7.61. The summed E-state index contributed by atoms with van der Waals surface area (Å²) in [6.07, 6.45) is 10.8. The van der Waals surface area contributed by atoms with Gasteiger partial charge in [0.15, 0.2) is 0 Å². The standard InChI is InChI=1S/C24H25FN2O/c1-24-9-8-19-18-4-3-15(23(26)28)10-14(18)2-5-20(19)22(24)7-6-21(24)16-11-17(25)13-27-12-16/h3-4,6,10-13,19-20,22H,2,5,7-9H2,1H3,(H2,26,28). The fraction of sp³-hybridized carbons (Fsp3) is 0.417. The van der Waals surface area contributed by atoms with Gasteiger partial charge in [0.1, 0.15) is 5.82 Å². The smallest absolute Gasteiger partial charge is 0.248 e. The minimum absolute atomic E-state index is 0.0846. The number of carbonyl (C=O) groups is 1. The summed E-state index contributed by atoms with van der Waals surface area (Å²) in [4.78, 5) is 15.6. The molecular weight excluding hydrogens is 351 g/mol. The highest BCUT2D eigenvalue weighted by atomic mass is 19.1. The third-order valence-electron chi connectivity index (χ3n) is 7.61. The van der Waals surface area contributed by atoms with E-state index in [1.807, 2.05) is 12.1 Å². The van der Waals surface area contributed by atoms with Crippen molar-refractivity contribution in [3.05, 3.63) is 70.8 Å². The van der Waals surface area contributed by atoms with Crippen LogP contribution in [0.4, 0.5) is 4.39 Å². The third kappa shape index (κ3) is 2.54. The lowest BCUT2D eigenvalue weighted by Crippen LogP contribution is -2.41. The highest BCUT2D eigenvalue weighted by Gasteiger charge is 2.51. The fourth-order valence-corrected chi connectivity index (χ4v) is 6.31. The topological polar surface area (TPSA) is 56.0 Å². The van der Waals surface area contributed by atoms with Gasteiger partial charge in [-0.1, -0.05) is 19.1 Å². The van der Waals surface area contributed by atoms with Crippen molar-refractivity contribution in [3.8, 4) is 0 Å². The summed E-state index contributed by atoms with van der Waals surface area (Å²) >= 11 is 0. The summed E-state index contributed by atoms with van der Waals surface area (Å²) in [5.41, 5.74) is 11.1. The zero-order valence-corrected chi connectivity index (χ0v) is 16.1. The first kappa shape index (κ1) is 17.6. The Hall–Kier alpha value is -2.49. The molecule has 4 heteroatoms. The van der Waals surface area contributed by atoms with Crippen molar-refractivity contribution in [1.29, 1.82) is 0 Å². The summed E-state index contributed by atoms with van der Waals surface area (Å²) in [6, 6.07) is 7.64. The Kier molecular flexibility index (Phi) is 3.94. The zero-order chi connectivity index (χ0) is 19.5. The molecule has 28 heavy (non-hydrogen) atoms. The minimum atomic E-state index is -0.352. The van der Waals surface area contributed by atoms with E-state index in [9.17, 15) is 9.18 Å². The molecule has 1 aromatic heterocycles. The lowest BCUT2D eigenvalue weighted by molar-refractivity contribution is 0.0885. The lowest BCUT2D eigenvalue weighted by Gasteiger charge is -2.50. The second-order valence-electron chi connectivity index (χ2n) is 8.89. The molecule has 0 bridgehead atoms. The molecule has 1 fully saturated rings. The lowest BCUT2D eigenvalue weighted by atomic mass is 9.54. The predicted molar refractivity (Wildman–Crippen MR) is 107 cm³/mol. The van der Waals surface area contributed by atoms with Crippen LogP contribution in [0.25, 0.3) is 5.57 Å². The average Bonchev–Trinajstić information content (AvgIpc) is 3.04. The van der Waals surface area contributed by atoms with E-state index in [0.29, 0.717) is 23.3 Å². The second-order valence-corrected chi connectivity index (χ2v) is 8.89. The molecule has 1 heterocycles. The van der Waals surface area contributed by atoms with Crippen LogP contribution >= 0.6 is 0 Å². The van der Waals surface area contributed by atoms with Gasteiger partial charge in [0.2, 0.25) is 5.91 Å². The maximum absolute atomic E-state index is 13.8. The van der Waals surface area contributed by atoms with E-state index in [2.05, 4.69) is 24.1 Å². The molecule has 144 valence electrons. The van der Waals surface area contributed by atoms with Crippen molar-refractivity contribution in [2.45, 2.75) is 44.9 Å². The maximum atomic E-state index is 13.8. The van der Waals surface area contributed by atoms with E-state index in [1.54, 1.807) is 12.3 Å². The Morgan fingerprint density at radius 2 is 2.11 bits per heavy atom. The molecule has 3 nitrogen and oxygen atoms in total. The van der Waals surface area contributed by atoms with Crippen molar-refractivity contribution >= 4 is 11.5 Å². The molecule has 2 N–H and O–H groups in total. The number of nitrogens with zero attached hydrogens (tertiary/aromatic N) is 1. The number of rotatable bonds is 2. The van der Waals surface area contributed by atoms with Gasteiger partial charge < -0.3 is 5.73 Å². The highest BCUT2D eigenvalue weighted by Crippen LogP contribution is 2.63. The molecule has 3 aliphatic rings. The molecule has 0 aliphatic heterocycles. The molecule has 0 spiro atoms. The first-order valence-corrected chi connectivity index (χ1v) is 10.2. The number of halogens is 1. The molecule has 3 aliphatic carbocycles. The molecule has 4 unspecified atom stereocenters. The Morgan fingerprint density at radius 3 is 2.89 bits per heavy atom. The summed E-state index contributed by atoms with van der Waals surface area (Å²) < 4.78 is 13.8. The van der Waals surface area contributed by atoms with Crippen molar-refractivity contribution in [2.24, 2.45) is 23.0 Å². The Bertz CT molecular complexity index is 998. The second kappa shape index (κ2) is 6.26. The number of primary amides is 1. The Balaban J connectivity index is 1.47. The summed E-state index contributed by atoms with van der Waals surface area (Å²) in [7, 11) is 0. The number of aryl methyl sites for hydroxylation is 1. The van der Waals surface area contributed by atoms with Crippen LogP contribution in [-0.2, 0) is 6.42 Å². The quantitative estimate of drug-likeness (QED) is 0.813. The average molecular weight is 376 g/mol. The van der Waals surface area contributed by atoms with Crippen molar-refractivity contribution in [3.63, 3.8) is 0 Å². The number of carbonyl (C=O) groups excluding carboxylic acids is 1. The molecule has 0 saturated heterocycles. The number of benzene rings is 1. The van der Waals surface area contributed by atoms with Crippen LogP contribution in [0, 0.1) is 23.1 Å². The van der Waals surface area contributed by atoms with Crippen molar-refractivity contribution in [2.75, 3.05) is 0 Å². The molecule has 1 aromatic carbocycles. The summed E-state index contributed by atoms with van der Waals surface area (Å²) in [6.45, 7) is 2.36. The molecule has 0 radical (unpaired) electrons. The van der Waals surface area contributed by atoms with Gasteiger partial charge >= 0.3 is 0 Å². The van der Waals surface area contributed by atoms with Gasteiger partial charge in [0.05, 0.1) is 6.20 Å². The monoisotopic (exact) mass is 376 g/mol. The number of aromatic nitrogens is 1. The normalized spacial score (nSPS) is 30.8. The van der Waals surface area contributed by atoms with E-state index < -0.39 is 0 Å². The minimum Gasteiger partial charge on any atom is -0.366 e. The van der Waals surface area contributed by atoms with Crippen LogP contribution in [-0.4, -0.2) is 10.9 Å². The summed E-state index contributed by atoms with van der Waals surface area (Å²) in [5.74, 6) is 1.13. The van der Waals surface area contributed by atoms with Gasteiger partial charge in [-0.3, -0.25) is 9.78 Å². The predicted octanol–water partition coefficient (Wildman–Crippen LogP) is 4.87. The van der Waals surface area contributed by atoms with Crippen molar-refractivity contribution in [1.82, 2.24) is 4.98 Å². The highest BCUT2D eigenvalue weighted by molar-refractivity contribution is 5.93. The molecule has 1 amide bonds. The van der Waals surface area contributed by atoms with E-state index in [-0.39, 0.29) is 17.1 Å². The van der Waals surface area contributed by atoms with Gasteiger partial charge in [-0.2, -0.15) is 0 Å². The first-order valence-electron chi connectivity index (χ1n) is 10.2. The molecule has 1 saturated carbocycles. The molecule has 2 aromatic rings. The number of hydrogen-bond donors (Lipinski definition) is 1. The largest absolute Gasteiger partial charge is 0.366 e. The van der Waals surface area contributed by atoms with E-state index in [4.69, 9.17) is 5.73 Å². The molecule has 4 atom stereocenters. The van der Waals surface area contributed by atoms with E-state index >= 15 is 0 Å². The number of fused-ring (bicyclic) bond motifs is 5.